The molecule has 1 heterocycles. The molecule has 1 aliphatic rings. The Labute approximate surface area is 101 Å². The van der Waals surface area contributed by atoms with E-state index >= 15 is 0 Å². The SMILES string of the molecule is N#Cc1ccccc1[C@H](CO)N1CCNCC1. The predicted molar refractivity (Wildman–Crippen MR) is 65.4 cm³/mol. The first kappa shape index (κ1) is 12.1. The van der Waals surface area contributed by atoms with Crippen molar-refractivity contribution >= 4 is 0 Å². The first-order valence-electron chi connectivity index (χ1n) is 5.91. The van der Waals surface area contributed by atoms with Gasteiger partial charge in [0.25, 0.3) is 0 Å². The summed E-state index contributed by atoms with van der Waals surface area (Å²) in [6.45, 7) is 3.74. The van der Waals surface area contributed by atoms with E-state index in [0.717, 1.165) is 31.7 Å². The van der Waals surface area contributed by atoms with Crippen molar-refractivity contribution in [2.24, 2.45) is 0 Å². The lowest BCUT2D eigenvalue weighted by Crippen LogP contribution is -2.46. The first-order valence-corrected chi connectivity index (χ1v) is 5.91. The normalized spacial score (nSPS) is 18.6. The highest BCUT2D eigenvalue weighted by Gasteiger charge is 2.23. The smallest absolute Gasteiger partial charge is 0.0995 e. The molecule has 0 amide bonds. The quantitative estimate of drug-likeness (QED) is 0.795. The molecule has 1 fully saturated rings. The highest BCUT2D eigenvalue weighted by Crippen LogP contribution is 2.23. The van der Waals surface area contributed by atoms with Crippen LogP contribution in [-0.4, -0.2) is 42.8 Å². The molecule has 0 radical (unpaired) electrons. The Bertz CT molecular complexity index is 407. The Morgan fingerprint density at radius 1 is 1.35 bits per heavy atom. The molecule has 0 spiro atoms. The summed E-state index contributed by atoms with van der Waals surface area (Å²) < 4.78 is 0. The molecule has 2 rings (SSSR count). The maximum Gasteiger partial charge on any atom is 0.0995 e. The molecule has 1 aromatic carbocycles. The van der Waals surface area contributed by atoms with Crippen molar-refractivity contribution in [3.05, 3.63) is 35.4 Å². The van der Waals surface area contributed by atoms with Crippen molar-refractivity contribution in [2.45, 2.75) is 6.04 Å². The number of piperazine rings is 1. The number of nitrogens with one attached hydrogen (secondary N) is 1. The standard InChI is InChI=1S/C13H17N3O/c14-9-11-3-1-2-4-12(11)13(10-17)16-7-5-15-6-8-16/h1-4,13,15,17H,5-8,10H2/t13-/m0/s1. The van der Waals surface area contributed by atoms with Crippen LogP contribution in [0.4, 0.5) is 0 Å². The number of rotatable bonds is 3. The Morgan fingerprint density at radius 3 is 2.71 bits per heavy atom. The minimum atomic E-state index is -0.0621. The number of hydrogen-bond donors (Lipinski definition) is 2. The average molecular weight is 231 g/mol. The molecule has 1 aromatic rings. The molecule has 4 heteroatoms. The van der Waals surface area contributed by atoms with Crippen LogP contribution in [0, 0.1) is 11.3 Å². The summed E-state index contributed by atoms with van der Waals surface area (Å²) in [6, 6.07) is 9.64. The van der Waals surface area contributed by atoms with E-state index in [4.69, 9.17) is 5.26 Å². The Kier molecular flexibility index (Phi) is 4.10. The van der Waals surface area contributed by atoms with Crippen molar-refractivity contribution in [3.63, 3.8) is 0 Å². The van der Waals surface area contributed by atoms with E-state index in [1.165, 1.54) is 0 Å². The number of nitriles is 1. The minimum Gasteiger partial charge on any atom is -0.394 e. The average Bonchev–Trinajstić information content (AvgIpc) is 2.41. The summed E-state index contributed by atoms with van der Waals surface area (Å²) in [5, 5.41) is 22.0. The molecule has 0 saturated carbocycles. The monoisotopic (exact) mass is 231 g/mol. The molecule has 0 bridgehead atoms. The van der Waals surface area contributed by atoms with E-state index in [9.17, 15) is 5.11 Å². The molecule has 90 valence electrons. The molecule has 17 heavy (non-hydrogen) atoms. The van der Waals surface area contributed by atoms with Gasteiger partial charge in [0.15, 0.2) is 0 Å². The maximum atomic E-state index is 9.58. The van der Waals surface area contributed by atoms with Crippen LogP contribution in [0.1, 0.15) is 17.2 Å². The summed E-state index contributed by atoms with van der Waals surface area (Å²) in [5.74, 6) is 0. The fourth-order valence-corrected chi connectivity index (χ4v) is 2.29. The van der Waals surface area contributed by atoms with Gasteiger partial charge in [-0.3, -0.25) is 4.90 Å². The Morgan fingerprint density at radius 2 is 2.06 bits per heavy atom. The van der Waals surface area contributed by atoms with E-state index in [1.807, 2.05) is 18.2 Å². The second-order valence-corrected chi connectivity index (χ2v) is 4.18. The van der Waals surface area contributed by atoms with E-state index in [1.54, 1.807) is 6.07 Å². The third kappa shape index (κ3) is 2.64. The van der Waals surface area contributed by atoms with E-state index in [2.05, 4.69) is 16.3 Å². The zero-order valence-corrected chi connectivity index (χ0v) is 9.76. The molecular weight excluding hydrogens is 214 g/mol. The van der Waals surface area contributed by atoms with E-state index < -0.39 is 0 Å². The van der Waals surface area contributed by atoms with Crippen LogP contribution in [0.15, 0.2) is 24.3 Å². The zero-order chi connectivity index (χ0) is 12.1. The minimum absolute atomic E-state index is 0.0543. The van der Waals surface area contributed by atoms with Gasteiger partial charge in [0.2, 0.25) is 0 Å². The first-order chi connectivity index (χ1) is 8.36. The highest BCUT2D eigenvalue weighted by molar-refractivity contribution is 5.39. The fourth-order valence-electron chi connectivity index (χ4n) is 2.29. The van der Waals surface area contributed by atoms with E-state index in [-0.39, 0.29) is 12.6 Å². The molecule has 2 N–H and O–H groups in total. The molecule has 4 nitrogen and oxygen atoms in total. The van der Waals surface area contributed by atoms with Crippen molar-refractivity contribution in [1.29, 1.82) is 5.26 Å². The Hall–Kier alpha value is -1.41. The van der Waals surface area contributed by atoms with Gasteiger partial charge in [-0.25, -0.2) is 0 Å². The number of benzene rings is 1. The van der Waals surface area contributed by atoms with E-state index in [0.29, 0.717) is 5.56 Å². The van der Waals surface area contributed by atoms with Crippen molar-refractivity contribution < 1.29 is 5.11 Å². The number of aliphatic hydroxyl groups excluding tert-OH is 1. The summed E-state index contributed by atoms with van der Waals surface area (Å²) in [6.07, 6.45) is 0. The number of hydrogen-bond acceptors (Lipinski definition) is 4. The Balaban J connectivity index is 2.25. The van der Waals surface area contributed by atoms with Crippen LogP contribution in [0.5, 0.6) is 0 Å². The van der Waals surface area contributed by atoms with Gasteiger partial charge in [0, 0.05) is 26.2 Å². The largest absolute Gasteiger partial charge is 0.394 e. The second-order valence-electron chi connectivity index (χ2n) is 4.18. The van der Waals surface area contributed by atoms with Crippen molar-refractivity contribution in [3.8, 4) is 6.07 Å². The van der Waals surface area contributed by atoms with Gasteiger partial charge in [0.1, 0.15) is 0 Å². The summed E-state index contributed by atoms with van der Waals surface area (Å²) in [7, 11) is 0. The fraction of sp³-hybridized carbons (Fsp3) is 0.462. The van der Waals surface area contributed by atoms with Gasteiger partial charge in [-0.05, 0) is 11.6 Å². The van der Waals surface area contributed by atoms with Crippen LogP contribution in [0.3, 0.4) is 0 Å². The second kappa shape index (κ2) is 5.78. The third-order valence-corrected chi connectivity index (χ3v) is 3.21. The summed E-state index contributed by atoms with van der Waals surface area (Å²) in [5.41, 5.74) is 1.59. The molecule has 0 aliphatic carbocycles. The predicted octanol–water partition coefficient (Wildman–Crippen LogP) is 0.497. The van der Waals surface area contributed by atoms with Gasteiger partial charge in [0.05, 0.1) is 24.3 Å². The van der Waals surface area contributed by atoms with Gasteiger partial charge in [-0.1, -0.05) is 18.2 Å². The maximum absolute atomic E-state index is 9.58. The van der Waals surface area contributed by atoms with Crippen molar-refractivity contribution in [1.82, 2.24) is 10.2 Å². The summed E-state index contributed by atoms with van der Waals surface area (Å²) >= 11 is 0. The molecule has 0 aromatic heterocycles. The van der Waals surface area contributed by atoms with Crippen LogP contribution < -0.4 is 5.32 Å². The molecule has 1 atom stereocenters. The van der Waals surface area contributed by atoms with Gasteiger partial charge >= 0.3 is 0 Å². The highest BCUT2D eigenvalue weighted by atomic mass is 16.3. The van der Waals surface area contributed by atoms with Gasteiger partial charge < -0.3 is 10.4 Å². The number of nitrogens with zero attached hydrogens (tertiary/aromatic N) is 2. The summed E-state index contributed by atoms with van der Waals surface area (Å²) in [4.78, 5) is 2.23. The van der Waals surface area contributed by atoms with Crippen LogP contribution >= 0.6 is 0 Å². The molecule has 1 aliphatic heterocycles. The van der Waals surface area contributed by atoms with Crippen LogP contribution in [0.25, 0.3) is 0 Å². The topological polar surface area (TPSA) is 59.3 Å². The molecule has 1 saturated heterocycles. The third-order valence-electron chi connectivity index (χ3n) is 3.21. The van der Waals surface area contributed by atoms with Crippen molar-refractivity contribution in [2.75, 3.05) is 32.8 Å². The lowest BCUT2D eigenvalue weighted by Gasteiger charge is -2.34. The lowest BCUT2D eigenvalue weighted by atomic mass is 10.00. The van der Waals surface area contributed by atoms with Gasteiger partial charge in [-0.2, -0.15) is 5.26 Å². The molecule has 0 unspecified atom stereocenters. The number of aliphatic hydroxyl groups is 1. The zero-order valence-electron chi connectivity index (χ0n) is 9.76. The lowest BCUT2D eigenvalue weighted by molar-refractivity contribution is 0.110. The van der Waals surface area contributed by atoms with Crippen LogP contribution in [-0.2, 0) is 0 Å². The van der Waals surface area contributed by atoms with Gasteiger partial charge in [-0.15, -0.1) is 0 Å². The van der Waals surface area contributed by atoms with Crippen LogP contribution in [0.2, 0.25) is 0 Å². The molecular formula is C13H17N3O.